The van der Waals surface area contributed by atoms with Crippen LogP contribution in [0.2, 0.25) is 0 Å². The van der Waals surface area contributed by atoms with Crippen LogP contribution in [-0.4, -0.2) is 0 Å². The van der Waals surface area contributed by atoms with Gasteiger partial charge in [0.05, 0.1) is 5.69 Å². The molecule has 3 heteroatoms. The van der Waals surface area contributed by atoms with Crippen molar-refractivity contribution in [1.82, 2.24) is 0 Å². The third-order valence-corrected chi connectivity index (χ3v) is 6.18. The molecule has 1 saturated carbocycles. The Hall–Kier alpha value is -2.16. The molecular formula is C25H36N2O. The van der Waals surface area contributed by atoms with Crippen molar-refractivity contribution in [3.63, 3.8) is 0 Å². The van der Waals surface area contributed by atoms with Crippen LogP contribution in [0, 0.1) is 5.92 Å². The van der Waals surface area contributed by atoms with Gasteiger partial charge in [-0.1, -0.05) is 57.6 Å². The Morgan fingerprint density at radius 2 is 1.57 bits per heavy atom. The Morgan fingerprint density at radius 3 is 2.25 bits per heavy atom. The first-order chi connectivity index (χ1) is 13.7. The zero-order valence-corrected chi connectivity index (χ0v) is 17.3. The van der Waals surface area contributed by atoms with Gasteiger partial charge in [-0.3, -0.25) is 0 Å². The Morgan fingerprint density at radius 1 is 0.857 bits per heavy atom. The summed E-state index contributed by atoms with van der Waals surface area (Å²) >= 11 is 0. The van der Waals surface area contributed by atoms with Crippen LogP contribution in [0.1, 0.15) is 82.6 Å². The first-order valence-electron chi connectivity index (χ1n) is 11.1. The molecule has 0 radical (unpaired) electrons. The number of rotatable bonds is 9. The number of benzene rings is 2. The van der Waals surface area contributed by atoms with Crippen LogP contribution in [0.5, 0.6) is 11.5 Å². The molecule has 1 fully saturated rings. The summed E-state index contributed by atoms with van der Waals surface area (Å²) in [5.41, 5.74) is 14.4. The SMILES string of the molecule is CCCCCCC[C@H]1CC[C@H](c2ccc(Oc3ccc(N)cc3N)cc2)CC1. The van der Waals surface area contributed by atoms with Crippen molar-refractivity contribution in [2.75, 3.05) is 11.5 Å². The van der Waals surface area contributed by atoms with E-state index in [4.69, 9.17) is 16.2 Å². The second-order valence-electron chi connectivity index (χ2n) is 8.39. The van der Waals surface area contributed by atoms with E-state index in [-0.39, 0.29) is 0 Å². The molecule has 1 aliphatic rings. The summed E-state index contributed by atoms with van der Waals surface area (Å²) in [6.07, 6.45) is 13.9. The lowest BCUT2D eigenvalue weighted by Crippen LogP contribution is -2.13. The van der Waals surface area contributed by atoms with Crippen molar-refractivity contribution >= 4 is 11.4 Å². The smallest absolute Gasteiger partial charge is 0.150 e. The lowest BCUT2D eigenvalue weighted by molar-refractivity contribution is 0.302. The second-order valence-corrected chi connectivity index (χ2v) is 8.39. The maximum absolute atomic E-state index is 5.98. The summed E-state index contributed by atoms with van der Waals surface area (Å²) in [6, 6.07) is 13.9. The molecule has 152 valence electrons. The topological polar surface area (TPSA) is 61.3 Å². The molecule has 0 unspecified atom stereocenters. The Balaban J connectivity index is 1.45. The highest BCUT2D eigenvalue weighted by Gasteiger charge is 2.22. The van der Waals surface area contributed by atoms with E-state index in [2.05, 4.69) is 31.2 Å². The average molecular weight is 381 g/mol. The monoisotopic (exact) mass is 380 g/mol. The highest BCUT2D eigenvalue weighted by molar-refractivity contribution is 5.61. The van der Waals surface area contributed by atoms with Gasteiger partial charge in [-0.2, -0.15) is 0 Å². The average Bonchev–Trinajstić information content (AvgIpc) is 2.71. The first kappa shape index (κ1) is 20.6. The van der Waals surface area contributed by atoms with E-state index in [1.54, 1.807) is 6.07 Å². The fourth-order valence-electron chi connectivity index (χ4n) is 4.42. The van der Waals surface area contributed by atoms with Gasteiger partial charge in [-0.05, 0) is 73.4 Å². The summed E-state index contributed by atoms with van der Waals surface area (Å²) in [6.45, 7) is 2.29. The molecule has 3 rings (SSSR count). The van der Waals surface area contributed by atoms with Gasteiger partial charge in [0.1, 0.15) is 11.5 Å². The molecule has 0 spiro atoms. The molecule has 0 bridgehead atoms. The van der Waals surface area contributed by atoms with Crippen LogP contribution >= 0.6 is 0 Å². The Labute approximate surface area is 170 Å². The fraction of sp³-hybridized carbons (Fsp3) is 0.520. The van der Waals surface area contributed by atoms with Crippen molar-refractivity contribution in [2.24, 2.45) is 5.92 Å². The van der Waals surface area contributed by atoms with E-state index in [1.165, 1.54) is 69.8 Å². The van der Waals surface area contributed by atoms with E-state index in [0.29, 0.717) is 23.0 Å². The van der Waals surface area contributed by atoms with Gasteiger partial charge in [0.15, 0.2) is 0 Å². The van der Waals surface area contributed by atoms with Crippen LogP contribution in [-0.2, 0) is 0 Å². The molecule has 0 atom stereocenters. The fourth-order valence-corrected chi connectivity index (χ4v) is 4.42. The highest BCUT2D eigenvalue weighted by atomic mass is 16.5. The van der Waals surface area contributed by atoms with Crippen molar-refractivity contribution in [3.05, 3.63) is 48.0 Å². The molecule has 2 aromatic rings. The number of unbranched alkanes of at least 4 members (excludes halogenated alkanes) is 4. The van der Waals surface area contributed by atoms with Crippen LogP contribution in [0.25, 0.3) is 0 Å². The predicted molar refractivity (Wildman–Crippen MR) is 120 cm³/mol. The van der Waals surface area contributed by atoms with Crippen molar-refractivity contribution in [1.29, 1.82) is 0 Å². The van der Waals surface area contributed by atoms with Crippen molar-refractivity contribution < 1.29 is 4.74 Å². The zero-order valence-electron chi connectivity index (χ0n) is 17.3. The number of anilines is 2. The van der Waals surface area contributed by atoms with Crippen molar-refractivity contribution in [2.45, 2.75) is 77.0 Å². The Kier molecular flexibility index (Phi) is 7.64. The molecular weight excluding hydrogens is 344 g/mol. The van der Waals surface area contributed by atoms with Crippen LogP contribution in [0.4, 0.5) is 11.4 Å². The molecule has 4 N–H and O–H groups in total. The first-order valence-corrected chi connectivity index (χ1v) is 11.1. The normalized spacial score (nSPS) is 19.5. The maximum atomic E-state index is 5.98. The van der Waals surface area contributed by atoms with Crippen LogP contribution in [0.3, 0.4) is 0 Å². The summed E-state index contributed by atoms with van der Waals surface area (Å²) in [5.74, 6) is 3.13. The number of nitrogen functional groups attached to an aromatic ring is 2. The molecule has 0 saturated heterocycles. The summed E-state index contributed by atoms with van der Waals surface area (Å²) in [7, 11) is 0. The van der Waals surface area contributed by atoms with E-state index >= 15 is 0 Å². The van der Waals surface area contributed by atoms with Gasteiger partial charge < -0.3 is 16.2 Å². The Bertz CT molecular complexity index is 718. The van der Waals surface area contributed by atoms with Gasteiger partial charge in [-0.15, -0.1) is 0 Å². The van der Waals surface area contributed by atoms with Crippen LogP contribution in [0.15, 0.2) is 42.5 Å². The second kappa shape index (κ2) is 10.4. The van der Waals surface area contributed by atoms with E-state index < -0.39 is 0 Å². The third kappa shape index (κ3) is 5.92. The third-order valence-electron chi connectivity index (χ3n) is 6.18. The molecule has 28 heavy (non-hydrogen) atoms. The zero-order chi connectivity index (χ0) is 19.8. The molecule has 3 nitrogen and oxygen atoms in total. The summed E-state index contributed by atoms with van der Waals surface area (Å²) in [5, 5.41) is 0. The molecule has 0 heterocycles. The van der Waals surface area contributed by atoms with Gasteiger partial charge in [0.2, 0.25) is 0 Å². The highest BCUT2D eigenvalue weighted by Crippen LogP contribution is 2.38. The number of ether oxygens (including phenoxy) is 1. The minimum Gasteiger partial charge on any atom is -0.455 e. The minimum absolute atomic E-state index is 0.567. The number of nitrogens with two attached hydrogens (primary N) is 2. The van der Waals surface area contributed by atoms with Gasteiger partial charge in [0, 0.05) is 5.69 Å². The standard InChI is InChI=1S/C25H36N2O/c1-2-3-4-5-6-7-19-8-10-20(11-9-19)21-12-15-23(16-13-21)28-25-17-14-22(26)18-24(25)27/h12-20H,2-11,26-27H2,1H3/t19-,20-. The number of hydrogen-bond donors (Lipinski definition) is 2. The lowest BCUT2D eigenvalue weighted by Gasteiger charge is -2.29. The van der Waals surface area contributed by atoms with Crippen molar-refractivity contribution in [3.8, 4) is 11.5 Å². The van der Waals surface area contributed by atoms with E-state index in [1.807, 2.05) is 12.1 Å². The molecule has 1 aliphatic carbocycles. The van der Waals surface area contributed by atoms with E-state index in [0.717, 1.165) is 11.7 Å². The molecule has 0 aromatic heterocycles. The minimum atomic E-state index is 0.567. The largest absolute Gasteiger partial charge is 0.455 e. The van der Waals surface area contributed by atoms with E-state index in [9.17, 15) is 0 Å². The summed E-state index contributed by atoms with van der Waals surface area (Å²) < 4.78 is 5.92. The van der Waals surface area contributed by atoms with Gasteiger partial charge in [-0.25, -0.2) is 0 Å². The maximum Gasteiger partial charge on any atom is 0.150 e. The van der Waals surface area contributed by atoms with Crippen LogP contribution < -0.4 is 16.2 Å². The quantitative estimate of drug-likeness (QED) is 0.355. The predicted octanol–water partition coefficient (Wildman–Crippen LogP) is 7.28. The summed E-state index contributed by atoms with van der Waals surface area (Å²) in [4.78, 5) is 0. The number of hydrogen-bond acceptors (Lipinski definition) is 3. The molecule has 0 aliphatic heterocycles. The molecule has 0 amide bonds. The van der Waals surface area contributed by atoms with Gasteiger partial charge >= 0.3 is 0 Å². The van der Waals surface area contributed by atoms with Gasteiger partial charge in [0.25, 0.3) is 0 Å². The lowest BCUT2D eigenvalue weighted by atomic mass is 9.77. The molecule has 2 aromatic carbocycles.